The van der Waals surface area contributed by atoms with Crippen LogP contribution in [0.4, 0.5) is 0 Å². The van der Waals surface area contributed by atoms with Crippen LogP contribution >= 0.6 is 0 Å². The average Bonchev–Trinajstić information content (AvgIpc) is 3.51. The Kier molecular flexibility index (Phi) is 17.8. The summed E-state index contributed by atoms with van der Waals surface area (Å²) in [5, 5.41) is 10.4. The Morgan fingerprint density at radius 2 is 1.43 bits per heavy atom. The van der Waals surface area contributed by atoms with Crippen LogP contribution in [0.1, 0.15) is 155 Å². The number of hydrogen-bond acceptors (Lipinski definition) is 5. The summed E-state index contributed by atoms with van der Waals surface area (Å²) in [5.41, 5.74) is 0. The monoisotopic (exact) mass is 524 g/mol. The van der Waals surface area contributed by atoms with E-state index in [1.165, 1.54) is 57.8 Å². The molecule has 1 spiro atoms. The fourth-order valence-electron chi connectivity index (χ4n) is 6.42. The number of unbranched alkanes of at least 4 members (excludes halogenated alkanes) is 12. The smallest absolute Gasteiger partial charge is 0.305 e. The maximum atomic E-state index is 12.0. The fraction of sp³-hybridized carbons (Fsp3) is 0.969. The van der Waals surface area contributed by atoms with Crippen molar-refractivity contribution in [3.05, 3.63) is 0 Å². The van der Waals surface area contributed by atoms with E-state index in [2.05, 4.69) is 13.8 Å². The van der Waals surface area contributed by atoms with E-state index in [1.54, 1.807) is 0 Å². The van der Waals surface area contributed by atoms with E-state index in [-0.39, 0.29) is 17.9 Å². The van der Waals surface area contributed by atoms with Crippen LogP contribution in [-0.4, -0.2) is 42.8 Å². The Labute approximate surface area is 228 Å². The van der Waals surface area contributed by atoms with E-state index in [4.69, 9.17) is 14.2 Å². The molecule has 0 aromatic heterocycles. The molecular weight excluding hydrogens is 464 g/mol. The van der Waals surface area contributed by atoms with Gasteiger partial charge in [0.1, 0.15) is 0 Å². The van der Waals surface area contributed by atoms with Gasteiger partial charge in [0.05, 0.1) is 25.9 Å². The number of aliphatic hydroxyl groups is 1. The van der Waals surface area contributed by atoms with Gasteiger partial charge < -0.3 is 19.3 Å². The normalized spacial score (nSPS) is 21.6. The predicted octanol–water partition coefficient (Wildman–Crippen LogP) is 8.50. The molecule has 218 valence electrons. The first kappa shape index (κ1) is 32.6. The van der Waals surface area contributed by atoms with Crippen LogP contribution in [0.5, 0.6) is 0 Å². The lowest BCUT2D eigenvalue weighted by atomic mass is 9.84. The summed E-state index contributed by atoms with van der Waals surface area (Å²) >= 11 is 0. The van der Waals surface area contributed by atoms with E-state index in [1.807, 2.05) is 0 Å². The Morgan fingerprint density at radius 1 is 0.811 bits per heavy atom. The minimum absolute atomic E-state index is 0.0250. The van der Waals surface area contributed by atoms with Gasteiger partial charge >= 0.3 is 5.97 Å². The maximum absolute atomic E-state index is 12.0. The summed E-state index contributed by atoms with van der Waals surface area (Å²) in [6.07, 6.45) is 24.5. The highest BCUT2D eigenvalue weighted by Crippen LogP contribution is 2.50. The molecule has 0 unspecified atom stereocenters. The minimum Gasteiger partial charge on any atom is -0.466 e. The van der Waals surface area contributed by atoms with Crippen molar-refractivity contribution in [1.29, 1.82) is 0 Å². The first-order valence-electron chi connectivity index (χ1n) is 16.2. The van der Waals surface area contributed by atoms with Gasteiger partial charge in [0.2, 0.25) is 0 Å². The van der Waals surface area contributed by atoms with Crippen LogP contribution in [0.25, 0.3) is 0 Å². The SMILES string of the molecule is CCCCCCCCCCOC(=O)CCCCCC[C@@H]1[C@@H](CC[C@H](O)CCCCC)CCC12OCCO2. The number of carbonyl (C=O) groups is 1. The highest BCUT2D eigenvalue weighted by molar-refractivity contribution is 5.69. The fourth-order valence-corrected chi connectivity index (χ4v) is 6.42. The zero-order chi connectivity index (χ0) is 26.6. The van der Waals surface area contributed by atoms with Crippen LogP contribution in [0.2, 0.25) is 0 Å². The molecule has 37 heavy (non-hydrogen) atoms. The maximum Gasteiger partial charge on any atom is 0.305 e. The summed E-state index contributed by atoms with van der Waals surface area (Å²) in [7, 11) is 0. The van der Waals surface area contributed by atoms with Gasteiger partial charge in [-0.15, -0.1) is 0 Å². The van der Waals surface area contributed by atoms with Crippen molar-refractivity contribution in [1.82, 2.24) is 0 Å². The predicted molar refractivity (Wildman–Crippen MR) is 152 cm³/mol. The Balaban J connectivity index is 1.54. The molecule has 2 fully saturated rings. The molecule has 1 N–H and O–H groups in total. The average molecular weight is 525 g/mol. The third-order valence-corrected chi connectivity index (χ3v) is 8.69. The van der Waals surface area contributed by atoms with E-state index in [0.717, 1.165) is 77.0 Å². The highest BCUT2D eigenvalue weighted by Gasteiger charge is 2.51. The van der Waals surface area contributed by atoms with Gasteiger partial charge in [0.15, 0.2) is 5.79 Å². The Bertz CT molecular complexity index is 559. The highest BCUT2D eigenvalue weighted by atomic mass is 16.7. The molecule has 0 bridgehead atoms. The van der Waals surface area contributed by atoms with Gasteiger partial charge in [0, 0.05) is 18.8 Å². The lowest BCUT2D eigenvalue weighted by Crippen LogP contribution is -2.36. The summed E-state index contributed by atoms with van der Waals surface area (Å²) in [4.78, 5) is 12.0. The molecule has 0 amide bonds. The summed E-state index contributed by atoms with van der Waals surface area (Å²) < 4.78 is 17.8. The largest absolute Gasteiger partial charge is 0.466 e. The van der Waals surface area contributed by atoms with Crippen molar-refractivity contribution in [3.63, 3.8) is 0 Å². The molecular formula is C32H60O5. The van der Waals surface area contributed by atoms with Gasteiger partial charge in [-0.3, -0.25) is 4.79 Å². The summed E-state index contributed by atoms with van der Waals surface area (Å²) in [5.74, 6) is 0.639. The van der Waals surface area contributed by atoms with Gasteiger partial charge in [-0.2, -0.15) is 0 Å². The second-order valence-electron chi connectivity index (χ2n) is 11.8. The number of carbonyl (C=O) groups excluding carboxylic acids is 1. The van der Waals surface area contributed by atoms with E-state index < -0.39 is 0 Å². The van der Waals surface area contributed by atoms with Gasteiger partial charge in [-0.1, -0.05) is 97.3 Å². The van der Waals surface area contributed by atoms with Crippen LogP contribution in [0, 0.1) is 11.8 Å². The molecule has 1 heterocycles. The topological polar surface area (TPSA) is 65.0 Å². The number of rotatable bonds is 23. The number of hydrogen-bond donors (Lipinski definition) is 1. The van der Waals surface area contributed by atoms with Crippen molar-refractivity contribution in [2.24, 2.45) is 11.8 Å². The van der Waals surface area contributed by atoms with Crippen molar-refractivity contribution < 1.29 is 24.1 Å². The number of ether oxygens (including phenoxy) is 3. The van der Waals surface area contributed by atoms with Gasteiger partial charge in [-0.05, 0) is 50.9 Å². The standard InChI is InChI=1S/C32H60O5/c1-3-5-7-8-9-10-13-17-25-35-31(34)20-16-12-11-15-19-30-28(21-22-29(33)18-14-6-4-2)23-24-32(30)36-26-27-37-32/h28-30,33H,3-27H2,1-2H3/t28-,29+,30+/m0/s1. The van der Waals surface area contributed by atoms with Crippen molar-refractivity contribution >= 4 is 5.97 Å². The molecule has 1 saturated carbocycles. The molecule has 0 aromatic carbocycles. The van der Waals surface area contributed by atoms with Crippen LogP contribution in [0.3, 0.4) is 0 Å². The van der Waals surface area contributed by atoms with Crippen LogP contribution < -0.4 is 0 Å². The molecule has 2 aliphatic rings. The first-order valence-corrected chi connectivity index (χ1v) is 16.2. The molecule has 0 radical (unpaired) electrons. The minimum atomic E-state index is -0.364. The molecule has 3 atom stereocenters. The Hall–Kier alpha value is -0.650. The number of aliphatic hydroxyl groups excluding tert-OH is 1. The van der Waals surface area contributed by atoms with Crippen molar-refractivity contribution in [3.8, 4) is 0 Å². The first-order chi connectivity index (χ1) is 18.1. The van der Waals surface area contributed by atoms with E-state index in [9.17, 15) is 9.90 Å². The van der Waals surface area contributed by atoms with Crippen LogP contribution in [0.15, 0.2) is 0 Å². The second-order valence-corrected chi connectivity index (χ2v) is 11.8. The lowest BCUT2D eigenvalue weighted by Gasteiger charge is -2.32. The zero-order valence-electron chi connectivity index (χ0n) is 24.5. The third kappa shape index (κ3) is 13.3. The second kappa shape index (κ2) is 20.3. The molecule has 0 aromatic rings. The summed E-state index contributed by atoms with van der Waals surface area (Å²) in [6, 6.07) is 0. The zero-order valence-corrected chi connectivity index (χ0v) is 24.5. The van der Waals surface area contributed by atoms with Crippen molar-refractivity contribution in [2.75, 3.05) is 19.8 Å². The van der Waals surface area contributed by atoms with E-state index in [0.29, 0.717) is 38.1 Å². The summed E-state index contributed by atoms with van der Waals surface area (Å²) in [6.45, 7) is 6.47. The van der Waals surface area contributed by atoms with Gasteiger partial charge in [-0.25, -0.2) is 0 Å². The molecule has 5 heteroatoms. The molecule has 1 aliphatic carbocycles. The molecule has 1 saturated heterocycles. The third-order valence-electron chi connectivity index (χ3n) is 8.69. The number of esters is 1. The van der Waals surface area contributed by atoms with Crippen molar-refractivity contribution in [2.45, 2.75) is 167 Å². The van der Waals surface area contributed by atoms with E-state index >= 15 is 0 Å². The molecule has 5 nitrogen and oxygen atoms in total. The molecule has 1 aliphatic heterocycles. The van der Waals surface area contributed by atoms with Gasteiger partial charge in [0.25, 0.3) is 0 Å². The molecule has 2 rings (SSSR count). The quantitative estimate of drug-likeness (QED) is 0.107. The Morgan fingerprint density at radius 3 is 2.16 bits per heavy atom. The lowest BCUT2D eigenvalue weighted by molar-refractivity contribution is -0.188. The van der Waals surface area contributed by atoms with Crippen LogP contribution in [-0.2, 0) is 19.0 Å².